The number of hydrogen-bond acceptors (Lipinski definition) is 6. The van der Waals surface area contributed by atoms with Crippen molar-refractivity contribution in [3.63, 3.8) is 0 Å². The van der Waals surface area contributed by atoms with Gasteiger partial charge in [0.05, 0.1) is 36.7 Å². The number of carbonyl (C=O) groups excluding carboxylic acids is 3. The van der Waals surface area contributed by atoms with E-state index in [9.17, 15) is 14.7 Å². The van der Waals surface area contributed by atoms with Crippen LogP contribution in [0.2, 0.25) is 0 Å². The summed E-state index contributed by atoms with van der Waals surface area (Å²) < 4.78 is 12.8. The van der Waals surface area contributed by atoms with Crippen LogP contribution in [-0.2, 0) is 19.1 Å². The molecule has 4 aliphatic rings. The molecule has 6 atom stereocenters. The Morgan fingerprint density at radius 1 is 0.833 bits per heavy atom. The lowest BCUT2D eigenvalue weighted by atomic mass is 9.73. The summed E-state index contributed by atoms with van der Waals surface area (Å²) in [5.41, 5.74) is -1.15. The highest BCUT2D eigenvalue weighted by Gasteiger charge is 2.76. The quantitative estimate of drug-likeness (QED) is 0.340. The highest BCUT2D eigenvalue weighted by molar-refractivity contribution is 6.08. The van der Waals surface area contributed by atoms with E-state index in [4.69, 9.17) is 9.47 Å². The number of benzene rings is 3. The molecule has 4 aliphatic heterocycles. The van der Waals surface area contributed by atoms with Crippen LogP contribution in [0.1, 0.15) is 34.1 Å². The van der Waals surface area contributed by atoms with E-state index in [1.165, 1.54) is 0 Å². The summed E-state index contributed by atoms with van der Waals surface area (Å²) in [6.07, 6.45) is 8.05. The predicted octanol–water partition coefficient (Wildman–Crippen LogP) is 5.12. The molecule has 48 heavy (non-hydrogen) atoms. The molecule has 1 spiro atoms. The maximum atomic E-state index is 15.0. The van der Waals surface area contributed by atoms with Crippen molar-refractivity contribution in [2.24, 2.45) is 17.8 Å². The van der Waals surface area contributed by atoms with E-state index < -0.39 is 35.1 Å². The van der Waals surface area contributed by atoms with Gasteiger partial charge in [-0.1, -0.05) is 75.4 Å². The molecule has 3 aromatic carbocycles. The van der Waals surface area contributed by atoms with Crippen LogP contribution in [0.4, 0.5) is 11.4 Å². The van der Waals surface area contributed by atoms with Crippen molar-refractivity contribution in [2.45, 2.75) is 57.4 Å². The van der Waals surface area contributed by atoms with Gasteiger partial charge < -0.3 is 29.3 Å². The maximum Gasteiger partial charge on any atom is 0.253 e. The van der Waals surface area contributed by atoms with Crippen LogP contribution >= 0.6 is 0 Å². The zero-order valence-corrected chi connectivity index (χ0v) is 27.9. The zero-order chi connectivity index (χ0) is 33.8. The molecule has 7 rings (SSSR count). The van der Waals surface area contributed by atoms with Gasteiger partial charge in [0, 0.05) is 24.5 Å². The largest absolute Gasteiger partial charge is 0.494 e. The summed E-state index contributed by atoms with van der Waals surface area (Å²) in [5.74, 6) is -2.21. The summed E-state index contributed by atoms with van der Waals surface area (Å²) in [6, 6.07) is 19.5. The fourth-order valence-electron chi connectivity index (χ4n) is 8.37. The Morgan fingerprint density at radius 3 is 2.17 bits per heavy atom. The number of carbonyl (C=O) groups is 3. The summed E-state index contributed by atoms with van der Waals surface area (Å²) in [4.78, 5) is 49.8. The molecule has 0 saturated carbocycles. The third kappa shape index (κ3) is 4.77. The Kier molecular flexibility index (Phi) is 8.16. The average molecular weight is 650 g/mol. The number of fused-ring (bicyclic) bond motifs is 3. The topological polar surface area (TPSA) is 99.6 Å². The number of aliphatic hydroxyl groups excluding tert-OH is 1. The van der Waals surface area contributed by atoms with E-state index in [0.29, 0.717) is 36.7 Å². The zero-order valence-electron chi connectivity index (χ0n) is 27.9. The van der Waals surface area contributed by atoms with Crippen molar-refractivity contribution in [3.05, 3.63) is 91.0 Å². The van der Waals surface area contributed by atoms with Crippen molar-refractivity contribution in [1.29, 1.82) is 0 Å². The molecule has 3 amide bonds. The standard InChI is InChI=1S/C39H43N3O6/c1-5-38-19-9-21-40(28-15-17-30(18-16-28)47-6-2)35(44)32(38)33-36(45)42(31(24-43)25(3)4)34-37(46)41(22-10-20-39(33,34)48-38)29-14-13-26-11-7-8-12-27(26)23-29/h7-20,23,25,31-34,43H,5-6,21-22,24H2,1-4H3/t31-,32-,33-,34?,38+,39-/m0/s1. The third-order valence-electron chi connectivity index (χ3n) is 10.7. The molecule has 1 unspecified atom stereocenters. The van der Waals surface area contributed by atoms with Crippen LogP contribution in [0.5, 0.6) is 5.75 Å². The fraction of sp³-hybridized carbons (Fsp3) is 0.410. The van der Waals surface area contributed by atoms with Gasteiger partial charge in [-0.15, -0.1) is 0 Å². The molecule has 250 valence electrons. The normalized spacial score (nSPS) is 28.8. The number of likely N-dealkylation sites (tertiary alicyclic amines) is 1. The second-order valence-corrected chi connectivity index (χ2v) is 13.5. The van der Waals surface area contributed by atoms with Crippen LogP contribution in [0.25, 0.3) is 10.8 Å². The number of rotatable bonds is 8. The first-order chi connectivity index (χ1) is 23.2. The van der Waals surface area contributed by atoms with Crippen molar-refractivity contribution in [1.82, 2.24) is 4.90 Å². The molecular formula is C39H43N3O6. The SMILES string of the molecule is CCOc1ccc(N2CC=C[C@@]3(CC)O[C@]45C=CCN(c6ccc7ccccc7c6)C(=O)C4N([C@@H](CO)C(C)C)C(=O)[C@@H]5[C@H]3C2=O)cc1. The van der Waals surface area contributed by atoms with Crippen LogP contribution in [0, 0.1) is 17.8 Å². The number of hydrogen-bond donors (Lipinski definition) is 1. The van der Waals surface area contributed by atoms with Crippen molar-refractivity contribution >= 4 is 39.9 Å². The Bertz CT molecular complexity index is 1800. The van der Waals surface area contributed by atoms with Crippen LogP contribution in [0.15, 0.2) is 91.0 Å². The molecule has 9 nitrogen and oxygen atoms in total. The minimum absolute atomic E-state index is 0.162. The molecule has 0 aromatic heterocycles. The van der Waals surface area contributed by atoms with Crippen molar-refractivity contribution < 1.29 is 29.0 Å². The minimum atomic E-state index is -1.43. The van der Waals surface area contributed by atoms with E-state index >= 15 is 4.79 Å². The molecular weight excluding hydrogens is 606 g/mol. The van der Waals surface area contributed by atoms with Gasteiger partial charge in [0.1, 0.15) is 17.4 Å². The molecule has 0 bridgehead atoms. The maximum absolute atomic E-state index is 15.0. The first-order valence-electron chi connectivity index (χ1n) is 17.0. The van der Waals surface area contributed by atoms with Crippen molar-refractivity contribution in [3.8, 4) is 5.75 Å². The Balaban J connectivity index is 1.35. The molecule has 2 saturated heterocycles. The van der Waals surface area contributed by atoms with E-state index in [-0.39, 0.29) is 36.8 Å². The van der Waals surface area contributed by atoms with E-state index in [1.54, 1.807) is 14.7 Å². The number of ether oxygens (including phenoxy) is 2. The minimum Gasteiger partial charge on any atom is -0.494 e. The van der Waals surface area contributed by atoms with Crippen LogP contribution in [-0.4, -0.2) is 77.3 Å². The number of nitrogens with zero attached hydrogens (tertiary/aromatic N) is 3. The Hall–Kier alpha value is -4.47. The van der Waals surface area contributed by atoms with Gasteiger partial charge in [-0.2, -0.15) is 0 Å². The number of anilines is 2. The smallest absolute Gasteiger partial charge is 0.253 e. The summed E-state index contributed by atoms with van der Waals surface area (Å²) in [7, 11) is 0. The molecule has 4 heterocycles. The van der Waals surface area contributed by atoms with E-state index in [1.807, 2.05) is 119 Å². The van der Waals surface area contributed by atoms with Gasteiger partial charge in [-0.3, -0.25) is 14.4 Å². The van der Waals surface area contributed by atoms with Gasteiger partial charge in [0.15, 0.2) is 0 Å². The fourth-order valence-corrected chi connectivity index (χ4v) is 8.37. The highest BCUT2D eigenvalue weighted by Crippen LogP contribution is 2.59. The molecule has 0 aliphatic carbocycles. The molecule has 1 N–H and O–H groups in total. The highest BCUT2D eigenvalue weighted by atomic mass is 16.5. The van der Waals surface area contributed by atoms with Gasteiger partial charge in [0.2, 0.25) is 11.8 Å². The second-order valence-electron chi connectivity index (χ2n) is 13.5. The van der Waals surface area contributed by atoms with Gasteiger partial charge in [-0.25, -0.2) is 0 Å². The summed E-state index contributed by atoms with van der Waals surface area (Å²) >= 11 is 0. The van der Waals surface area contributed by atoms with Gasteiger partial charge in [-0.05, 0) is 66.4 Å². The Morgan fingerprint density at radius 2 is 1.50 bits per heavy atom. The lowest BCUT2D eigenvalue weighted by molar-refractivity contribution is -0.150. The van der Waals surface area contributed by atoms with Gasteiger partial charge in [0.25, 0.3) is 5.91 Å². The van der Waals surface area contributed by atoms with Crippen molar-refractivity contribution in [2.75, 3.05) is 36.1 Å². The molecule has 3 aromatic rings. The lowest BCUT2D eigenvalue weighted by Crippen LogP contribution is -2.60. The monoisotopic (exact) mass is 649 g/mol. The van der Waals surface area contributed by atoms with E-state index in [2.05, 4.69) is 0 Å². The van der Waals surface area contributed by atoms with Crippen LogP contribution < -0.4 is 14.5 Å². The second kappa shape index (κ2) is 12.2. The lowest BCUT2D eigenvalue weighted by Gasteiger charge is -2.41. The van der Waals surface area contributed by atoms with E-state index in [0.717, 1.165) is 10.8 Å². The van der Waals surface area contributed by atoms with Gasteiger partial charge >= 0.3 is 0 Å². The average Bonchev–Trinajstić information content (AvgIpc) is 3.38. The summed E-state index contributed by atoms with van der Waals surface area (Å²) in [5, 5.41) is 12.7. The number of aliphatic hydroxyl groups is 1. The molecule has 9 heteroatoms. The summed E-state index contributed by atoms with van der Waals surface area (Å²) in [6.45, 7) is 8.51. The first kappa shape index (κ1) is 32.1. The third-order valence-corrected chi connectivity index (χ3v) is 10.7. The molecule has 0 radical (unpaired) electrons. The first-order valence-corrected chi connectivity index (χ1v) is 17.0. The number of amides is 3. The predicted molar refractivity (Wildman–Crippen MR) is 185 cm³/mol. The van der Waals surface area contributed by atoms with Crippen LogP contribution in [0.3, 0.4) is 0 Å². The molecule has 2 fully saturated rings. The Labute approximate surface area is 281 Å².